The van der Waals surface area contributed by atoms with E-state index >= 15 is 0 Å². The van der Waals surface area contributed by atoms with Gasteiger partial charge in [0.25, 0.3) is 0 Å². The minimum atomic E-state index is -0.294. The van der Waals surface area contributed by atoms with Gasteiger partial charge in [-0.15, -0.1) is 0 Å². The van der Waals surface area contributed by atoms with Crippen molar-refractivity contribution in [2.24, 2.45) is 5.92 Å². The first-order valence-corrected chi connectivity index (χ1v) is 10.0. The van der Waals surface area contributed by atoms with E-state index in [2.05, 4.69) is 10.6 Å². The lowest BCUT2D eigenvalue weighted by atomic mass is 9.96. The van der Waals surface area contributed by atoms with Gasteiger partial charge in [0, 0.05) is 37.3 Å². The van der Waals surface area contributed by atoms with E-state index < -0.39 is 0 Å². The van der Waals surface area contributed by atoms with Crippen LogP contribution in [0.25, 0.3) is 0 Å². The fourth-order valence-corrected chi connectivity index (χ4v) is 3.98. The van der Waals surface area contributed by atoms with E-state index in [1.807, 2.05) is 0 Å². The van der Waals surface area contributed by atoms with Gasteiger partial charge in [-0.25, -0.2) is 0 Å². The second-order valence-corrected chi connectivity index (χ2v) is 7.68. The van der Waals surface area contributed by atoms with E-state index in [0.29, 0.717) is 12.2 Å². The van der Waals surface area contributed by atoms with Crippen molar-refractivity contribution in [1.29, 1.82) is 0 Å². The number of amides is 3. The van der Waals surface area contributed by atoms with Crippen LogP contribution in [0.1, 0.15) is 58.3 Å². The summed E-state index contributed by atoms with van der Waals surface area (Å²) in [6.45, 7) is 1.87. The smallest absolute Gasteiger partial charge is 0.227 e. The zero-order valence-electron chi connectivity index (χ0n) is 16.0. The molecule has 1 saturated carbocycles. The lowest BCUT2D eigenvalue weighted by Crippen LogP contribution is -2.40. The molecule has 2 fully saturated rings. The van der Waals surface area contributed by atoms with Crippen molar-refractivity contribution in [1.82, 2.24) is 5.32 Å². The molecule has 1 aliphatic carbocycles. The number of anilines is 2. The van der Waals surface area contributed by atoms with Gasteiger partial charge in [0.2, 0.25) is 17.7 Å². The monoisotopic (exact) mass is 371 g/mol. The van der Waals surface area contributed by atoms with Gasteiger partial charge in [-0.3, -0.25) is 14.4 Å². The van der Waals surface area contributed by atoms with Gasteiger partial charge in [0.1, 0.15) is 0 Å². The maximum atomic E-state index is 12.7. The standard InChI is InChI=1S/C21H29N3O3/c1-15(25)22-18-9-11-19(12-10-18)24-14-16(13-20(24)26)21(27)23-17-7-5-3-2-4-6-8-17/h9-12,16-17H,2-8,13-14H2,1H3,(H,22,25)(H,23,27). The Kier molecular flexibility index (Phi) is 6.48. The number of nitrogens with one attached hydrogen (secondary N) is 2. The molecule has 6 nitrogen and oxygen atoms in total. The Bertz CT molecular complexity index is 678. The molecule has 0 radical (unpaired) electrons. The molecular weight excluding hydrogens is 342 g/mol. The molecule has 2 aliphatic rings. The van der Waals surface area contributed by atoms with E-state index in [9.17, 15) is 14.4 Å². The number of benzene rings is 1. The molecular formula is C21H29N3O3. The third kappa shape index (κ3) is 5.31. The summed E-state index contributed by atoms with van der Waals surface area (Å²) in [7, 11) is 0. The maximum Gasteiger partial charge on any atom is 0.227 e. The summed E-state index contributed by atoms with van der Waals surface area (Å²) >= 11 is 0. The van der Waals surface area contributed by atoms with Crippen molar-refractivity contribution < 1.29 is 14.4 Å². The fourth-order valence-electron chi connectivity index (χ4n) is 3.98. The van der Waals surface area contributed by atoms with E-state index in [-0.39, 0.29) is 36.1 Å². The first-order valence-electron chi connectivity index (χ1n) is 10.0. The first kappa shape index (κ1) is 19.4. The molecule has 1 aromatic carbocycles. The number of hydrogen-bond donors (Lipinski definition) is 2. The van der Waals surface area contributed by atoms with Crippen LogP contribution in [0.5, 0.6) is 0 Å². The molecule has 3 amide bonds. The summed E-state index contributed by atoms with van der Waals surface area (Å²) in [6.07, 6.45) is 8.47. The lowest BCUT2D eigenvalue weighted by molar-refractivity contribution is -0.127. The number of carbonyl (C=O) groups excluding carboxylic acids is 3. The molecule has 27 heavy (non-hydrogen) atoms. The Balaban J connectivity index is 1.57. The molecule has 3 rings (SSSR count). The van der Waals surface area contributed by atoms with Crippen LogP contribution in [0.3, 0.4) is 0 Å². The first-order chi connectivity index (χ1) is 13.0. The van der Waals surface area contributed by atoms with Gasteiger partial charge >= 0.3 is 0 Å². The minimum absolute atomic E-state index is 0.00582. The largest absolute Gasteiger partial charge is 0.353 e. The Morgan fingerprint density at radius 1 is 1.00 bits per heavy atom. The summed E-state index contributed by atoms with van der Waals surface area (Å²) in [5.41, 5.74) is 1.45. The molecule has 146 valence electrons. The molecule has 2 N–H and O–H groups in total. The average molecular weight is 371 g/mol. The molecule has 1 unspecified atom stereocenters. The Labute approximate surface area is 160 Å². The molecule has 0 spiro atoms. The predicted octanol–water partition coefficient (Wildman–Crippen LogP) is 3.23. The lowest BCUT2D eigenvalue weighted by Gasteiger charge is -2.23. The molecule has 0 bridgehead atoms. The van der Waals surface area contributed by atoms with Crippen LogP contribution in [0.2, 0.25) is 0 Å². The normalized spacial score (nSPS) is 21.4. The van der Waals surface area contributed by atoms with E-state index in [1.54, 1.807) is 29.2 Å². The van der Waals surface area contributed by atoms with E-state index in [0.717, 1.165) is 18.5 Å². The second-order valence-electron chi connectivity index (χ2n) is 7.68. The van der Waals surface area contributed by atoms with Crippen LogP contribution in [-0.4, -0.2) is 30.3 Å². The third-order valence-corrected chi connectivity index (χ3v) is 5.45. The highest BCUT2D eigenvalue weighted by Crippen LogP contribution is 2.27. The molecule has 1 atom stereocenters. The number of nitrogens with zero attached hydrogens (tertiary/aromatic N) is 1. The van der Waals surface area contributed by atoms with Crippen LogP contribution in [0, 0.1) is 5.92 Å². The van der Waals surface area contributed by atoms with Gasteiger partial charge in [0.05, 0.1) is 5.92 Å². The zero-order chi connectivity index (χ0) is 19.2. The van der Waals surface area contributed by atoms with Crippen molar-refractivity contribution in [2.75, 3.05) is 16.8 Å². The van der Waals surface area contributed by atoms with Crippen LogP contribution < -0.4 is 15.5 Å². The topological polar surface area (TPSA) is 78.5 Å². The van der Waals surface area contributed by atoms with Crippen molar-refractivity contribution in [3.8, 4) is 0 Å². The minimum Gasteiger partial charge on any atom is -0.353 e. The van der Waals surface area contributed by atoms with Crippen molar-refractivity contribution in [3.05, 3.63) is 24.3 Å². The Hall–Kier alpha value is -2.37. The summed E-state index contributed by atoms with van der Waals surface area (Å²) in [4.78, 5) is 37.9. The number of hydrogen-bond acceptors (Lipinski definition) is 3. The summed E-state index contributed by atoms with van der Waals surface area (Å²) in [5.74, 6) is -0.449. The number of carbonyl (C=O) groups is 3. The van der Waals surface area contributed by atoms with Crippen molar-refractivity contribution >= 4 is 29.1 Å². The molecule has 1 aliphatic heterocycles. The van der Waals surface area contributed by atoms with Gasteiger partial charge in [-0.1, -0.05) is 32.1 Å². The van der Waals surface area contributed by atoms with Gasteiger partial charge in [-0.05, 0) is 37.1 Å². The van der Waals surface area contributed by atoms with E-state index in [1.165, 1.54) is 39.0 Å². The summed E-state index contributed by atoms with van der Waals surface area (Å²) < 4.78 is 0. The molecule has 1 saturated heterocycles. The summed E-state index contributed by atoms with van der Waals surface area (Å²) in [5, 5.41) is 5.90. The van der Waals surface area contributed by atoms with Crippen LogP contribution in [0.4, 0.5) is 11.4 Å². The van der Waals surface area contributed by atoms with Gasteiger partial charge in [0.15, 0.2) is 0 Å². The molecule has 1 aromatic rings. The second kappa shape index (κ2) is 9.02. The third-order valence-electron chi connectivity index (χ3n) is 5.45. The Morgan fingerprint density at radius 2 is 1.63 bits per heavy atom. The van der Waals surface area contributed by atoms with Gasteiger partial charge in [-0.2, -0.15) is 0 Å². The average Bonchev–Trinajstić information content (AvgIpc) is 2.99. The van der Waals surface area contributed by atoms with Gasteiger partial charge < -0.3 is 15.5 Å². The highest BCUT2D eigenvalue weighted by atomic mass is 16.2. The fraction of sp³-hybridized carbons (Fsp3) is 0.571. The van der Waals surface area contributed by atoms with Crippen molar-refractivity contribution in [2.45, 2.75) is 64.3 Å². The molecule has 0 aromatic heterocycles. The van der Waals surface area contributed by atoms with Crippen molar-refractivity contribution in [3.63, 3.8) is 0 Å². The van der Waals surface area contributed by atoms with Crippen LogP contribution >= 0.6 is 0 Å². The zero-order valence-corrected chi connectivity index (χ0v) is 16.0. The molecule has 6 heteroatoms. The predicted molar refractivity (Wildman–Crippen MR) is 105 cm³/mol. The van der Waals surface area contributed by atoms with Crippen LogP contribution in [0.15, 0.2) is 24.3 Å². The quantitative estimate of drug-likeness (QED) is 0.853. The number of rotatable bonds is 4. The highest BCUT2D eigenvalue weighted by molar-refractivity contribution is 6.00. The Morgan fingerprint density at radius 3 is 2.26 bits per heavy atom. The SMILES string of the molecule is CC(=O)Nc1ccc(N2CC(C(=O)NC3CCCCCCC3)CC2=O)cc1. The van der Waals surface area contributed by atoms with Crippen LogP contribution in [-0.2, 0) is 14.4 Å². The highest BCUT2D eigenvalue weighted by Gasteiger charge is 2.35. The summed E-state index contributed by atoms with van der Waals surface area (Å²) in [6, 6.07) is 7.40. The maximum absolute atomic E-state index is 12.7. The molecule has 1 heterocycles. The van der Waals surface area contributed by atoms with E-state index in [4.69, 9.17) is 0 Å².